The topological polar surface area (TPSA) is 70.5 Å². The number of benzene rings is 1. The van der Waals surface area contributed by atoms with Gasteiger partial charge in [-0.3, -0.25) is 9.29 Å². The molecule has 0 aliphatic rings. The molecule has 0 saturated heterocycles. The van der Waals surface area contributed by atoms with E-state index in [2.05, 4.69) is 16.8 Å². The van der Waals surface area contributed by atoms with Crippen molar-refractivity contribution >= 4 is 15.7 Å². The van der Waals surface area contributed by atoms with Gasteiger partial charge in [-0.1, -0.05) is 30.0 Å². The zero-order valence-electron chi connectivity index (χ0n) is 11.4. The number of hydrogen-bond donors (Lipinski definition) is 1. The molecular formula is C15H14N2O3S. The van der Waals surface area contributed by atoms with Gasteiger partial charge in [0, 0.05) is 25.0 Å². The summed E-state index contributed by atoms with van der Waals surface area (Å²) in [4.78, 5) is 3.94. The van der Waals surface area contributed by atoms with Gasteiger partial charge in [0.2, 0.25) is 0 Å². The number of para-hydroxylation sites is 1. The average molecular weight is 302 g/mol. The number of pyridine rings is 1. The molecule has 0 bridgehead atoms. The fourth-order valence-corrected chi connectivity index (χ4v) is 2.89. The largest absolute Gasteiger partial charge is 0.384 e. The van der Waals surface area contributed by atoms with E-state index in [1.807, 2.05) is 6.07 Å². The predicted molar refractivity (Wildman–Crippen MR) is 80.2 cm³/mol. The van der Waals surface area contributed by atoms with Crippen LogP contribution in [0.1, 0.15) is 5.56 Å². The Morgan fingerprint density at radius 3 is 2.62 bits per heavy atom. The molecule has 1 aromatic carbocycles. The Morgan fingerprint density at radius 1 is 1.24 bits per heavy atom. The van der Waals surface area contributed by atoms with Gasteiger partial charge in [0.25, 0.3) is 10.0 Å². The highest BCUT2D eigenvalue weighted by Gasteiger charge is 2.21. The van der Waals surface area contributed by atoms with Gasteiger partial charge in [-0.2, -0.15) is 0 Å². The fraction of sp³-hybridized carbons (Fsp3) is 0.133. The molecule has 2 aromatic rings. The molecule has 1 heterocycles. The lowest BCUT2D eigenvalue weighted by atomic mass is 10.3. The number of hydrogen-bond acceptors (Lipinski definition) is 4. The van der Waals surface area contributed by atoms with E-state index in [9.17, 15) is 8.42 Å². The summed E-state index contributed by atoms with van der Waals surface area (Å²) in [6, 6.07) is 10.2. The van der Waals surface area contributed by atoms with Gasteiger partial charge in [-0.15, -0.1) is 0 Å². The number of aliphatic hydroxyl groups is 1. The van der Waals surface area contributed by atoms with Crippen LogP contribution in [0, 0.1) is 11.8 Å². The van der Waals surface area contributed by atoms with Crippen molar-refractivity contribution in [3.8, 4) is 11.8 Å². The van der Waals surface area contributed by atoms with Crippen molar-refractivity contribution in [2.24, 2.45) is 0 Å². The average Bonchev–Trinajstić information content (AvgIpc) is 2.53. The maximum absolute atomic E-state index is 12.5. The molecule has 6 heteroatoms. The van der Waals surface area contributed by atoms with Crippen molar-refractivity contribution in [3.63, 3.8) is 0 Å². The molecule has 0 aliphatic heterocycles. The Morgan fingerprint density at radius 2 is 1.95 bits per heavy atom. The van der Waals surface area contributed by atoms with Crippen molar-refractivity contribution in [2.45, 2.75) is 4.90 Å². The number of nitrogens with zero attached hydrogens (tertiary/aromatic N) is 2. The van der Waals surface area contributed by atoms with Crippen molar-refractivity contribution < 1.29 is 13.5 Å². The van der Waals surface area contributed by atoms with Crippen LogP contribution in [0.5, 0.6) is 0 Å². The summed E-state index contributed by atoms with van der Waals surface area (Å²) < 4.78 is 26.3. The molecule has 0 atom stereocenters. The monoisotopic (exact) mass is 302 g/mol. The molecule has 0 radical (unpaired) electrons. The second kappa shape index (κ2) is 6.39. The zero-order chi connectivity index (χ0) is 15.3. The van der Waals surface area contributed by atoms with Crippen LogP contribution >= 0.6 is 0 Å². The van der Waals surface area contributed by atoms with E-state index < -0.39 is 10.0 Å². The summed E-state index contributed by atoms with van der Waals surface area (Å²) in [6.45, 7) is -0.291. The van der Waals surface area contributed by atoms with E-state index in [0.717, 1.165) is 0 Å². The minimum absolute atomic E-state index is 0.0543. The smallest absolute Gasteiger partial charge is 0.265 e. The first kappa shape index (κ1) is 15.0. The molecule has 5 nitrogen and oxygen atoms in total. The lowest BCUT2D eigenvalue weighted by Crippen LogP contribution is -2.26. The van der Waals surface area contributed by atoms with Gasteiger partial charge < -0.3 is 5.11 Å². The summed E-state index contributed by atoms with van der Waals surface area (Å²) in [5.41, 5.74) is 0.996. The number of sulfonamides is 1. The number of anilines is 1. The van der Waals surface area contributed by atoms with Crippen LogP contribution in [-0.2, 0) is 10.0 Å². The molecule has 0 aliphatic carbocycles. The third-order valence-corrected chi connectivity index (χ3v) is 4.55. The Bertz CT molecular complexity index is 777. The van der Waals surface area contributed by atoms with E-state index in [1.165, 1.54) is 29.8 Å². The minimum atomic E-state index is -3.70. The maximum Gasteiger partial charge on any atom is 0.265 e. The summed E-state index contributed by atoms with van der Waals surface area (Å²) in [5, 5.41) is 8.67. The summed E-state index contributed by atoms with van der Waals surface area (Å²) >= 11 is 0. The van der Waals surface area contributed by atoms with Gasteiger partial charge in [-0.25, -0.2) is 8.42 Å². The second-order valence-electron chi connectivity index (χ2n) is 4.18. The lowest BCUT2D eigenvalue weighted by Gasteiger charge is -2.19. The van der Waals surface area contributed by atoms with Gasteiger partial charge in [0.1, 0.15) is 11.5 Å². The Kier molecular flexibility index (Phi) is 4.58. The molecular weight excluding hydrogens is 288 g/mol. The van der Waals surface area contributed by atoms with Gasteiger partial charge in [0.15, 0.2) is 0 Å². The first-order chi connectivity index (χ1) is 10.1. The van der Waals surface area contributed by atoms with E-state index in [0.29, 0.717) is 11.3 Å². The van der Waals surface area contributed by atoms with Crippen molar-refractivity contribution in [3.05, 3.63) is 54.4 Å². The third-order valence-electron chi connectivity index (χ3n) is 2.80. The highest BCUT2D eigenvalue weighted by molar-refractivity contribution is 7.92. The van der Waals surface area contributed by atoms with E-state index in [1.54, 1.807) is 24.3 Å². The highest BCUT2D eigenvalue weighted by atomic mass is 32.2. The molecule has 1 aromatic heterocycles. The SMILES string of the molecule is CN(c1ccccc1)S(=O)(=O)c1cncc(C#CCO)c1. The van der Waals surface area contributed by atoms with Crippen LogP contribution in [-0.4, -0.2) is 32.2 Å². The third kappa shape index (κ3) is 3.40. The van der Waals surface area contributed by atoms with Crippen LogP contribution in [0.2, 0.25) is 0 Å². The molecule has 0 amide bonds. The quantitative estimate of drug-likeness (QED) is 0.866. The predicted octanol–water partition coefficient (Wildman–Crippen LogP) is 1.25. The normalized spacial score (nSPS) is 10.6. The molecule has 0 saturated carbocycles. The van der Waals surface area contributed by atoms with Gasteiger partial charge in [0.05, 0.1) is 5.69 Å². The summed E-state index contributed by atoms with van der Waals surface area (Å²) in [7, 11) is -2.22. The molecule has 108 valence electrons. The first-order valence-electron chi connectivity index (χ1n) is 6.14. The molecule has 0 unspecified atom stereocenters. The number of rotatable bonds is 3. The summed E-state index contributed by atoms with van der Waals surface area (Å²) in [6.07, 6.45) is 2.73. The standard InChI is InChI=1S/C15H14N2O3S/c1-17(14-7-3-2-4-8-14)21(19,20)15-10-13(6-5-9-18)11-16-12-15/h2-4,7-8,10-12,18H,9H2,1H3. The van der Waals surface area contributed by atoms with Crippen LogP contribution in [0.3, 0.4) is 0 Å². The van der Waals surface area contributed by atoms with Crippen LogP contribution in [0.25, 0.3) is 0 Å². The Hall–Kier alpha value is -2.36. The van der Waals surface area contributed by atoms with E-state index in [-0.39, 0.29) is 11.5 Å². The van der Waals surface area contributed by atoms with Gasteiger partial charge >= 0.3 is 0 Å². The first-order valence-corrected chi connectivity index (χ1v) is 7.58. The molecule has 0 spiro atoms. The second-order valence-corrected chi connectivity index (χ2v) is 6.15. The van der Waals surface area contributed by atoms with E-state index in [4.69, 9.17) is 5.11 Å². The number of aromatic nitrogens is 1. The molecule has 1 N–H and O–H groups in total. The van der Waals surface area contributed by atoms with E-state index >= 15 is 0 Å². The highest BCUT2D eigenvalue weighted by Crippen LogP contribution is 2.21. The van der Waals surface area contributed by atoms with Crippen molar-refractivity contribution in [1.29, 1.82) is 0 Å². The van der Waals surface area contributed by atoms with Crippen molar-refractivity contribution in [1.82, 2.24) is 4.98 Å². The maximum atomic E-state index is 12.5. The molecule has 21 heavy (non-hydrogen) atoms. The minimum Gasteiger partial charge on any atom is -0.384 e. The van der Waals surface area contributed by atoms with Crippen molar-refractivity contribution in [2.75, 3.05) is 18.0 Å². The Labute approximate surface area is 123 Å². The van der Waals surface area contributed by atoms with Crippen LogP contribution in [0.15, 0.2) is 53.7 Å². The summed E-state index contributed by atoms with van der Waals surface area (Å²) in [5.74, 6) is 5.10. The zero-order valence-corrected chi connectivity index (χ0v) is 12.2. The van der Waals surface area contributed by atoms with Crippen LogP contribution in [0.4, 0.5) is 5.69 Å². The molecule has 2 rings (SSSR count). The van der Waals surface area contributed by atoms with Gasteiger partial charge in [-0.05, 0) is 18.2 Å². The fourth-order valence-electron chi connectivity index (χ4n) is 1.70. The molecule has 0 fully saturated rings. The Balaban J connectivity index is 2.40. The lowest BCUT2D eigenvalue weighted by molar-refractivity contribution is 0.350. The van der Waals surface area contributed by atoms with Crippen LogP contribution < -0.4 is 4.31 Å². The number of aliphatic hydroxyl groups excluding tert-OH is 1.